The second-order valence-electron chi connectivity index (χ2n) is 3.56. The molecule has 1 aromatic heterocycles. The van der Waals surface area contributed by atoms with Crippen molar-refractivity contribution in [2.75, 3.05) is 0 Å². The molecule has 1 heterocycles. The first-order chi connectivity index (χ1) is 6.00. The van der Waals surface area contributed by atoms with Crippen LogP contribution in [0.2, 0.25) is 0 Å². The fourth-order valence-corrected chi connectivity index (χ4v) is 2.95. The smallest absolute Gasteiger partial charge is 0.174 e. The maximum absolute atomic E-state index is 11.7. The third kappa shape index (κ3) is 2.92. The van der Waals surface area contributed by atoms with E-state index in [0.717, 1.165) is 9.35 Å². The minimum Gasteiger partial charge on any atom is -0.293 e. The molecule has 0 amide bonds. The van der Waals surface area contributed by atoms with Crippen LogP contribution in [0.15, 0.2) is 10.5 Å². The molecule has 0 fully saturated rings. The molecule has 0 aromatic carbocycles. The molecule has 0 radical (unpaired) electrons. The molecule has 0 unspecified atom stereocenters. The summed E-state index contributed by atoms with van der Waals surface area (Å²) in [6, 6.07) is 2.00. The largest absolute Gasteiger partial charge is 0.293 e. The predicted molar refractivity (Wildman–Crippen MR) is 60.5 cm³/mol. The Morgan fingerprint density at radius 3 is 2.62 bits per heavy atom. The van der Waals surface area contributed by atoms with Crippen molar-refractivity contribution >= 4 is 33.0 Å². The molecule has 1 nitrogen and oxygen atoms in total. The van der Waals surface area contributed by atoms with Crippen LogP contribution in [-0.4, -0.2) is 5.78 Å². The van der Waals surface area contributed by atoms with Gasteiger partial charge in [-0.2, -0.15) is 0 Å². The lowest BCUT2D eigenvalue weighted by Crippen LogP contribution is -2.01. The van der Waals surface area contributed by atoms with E-state index >= 15 is 0 Å². The summed E-state index contributed by atoms with van der Waals surface area (Å²) in [6.07, 6.45) is 0.637. The van der Waals surface area contributed by atoms with E-state index in [9.17, 15) is 4.79 Å². The Morgan fingerprint density at radius 1 is 1.62 bits per heavy atom. The number of hydrogen-bond acceptors (Lipinski definition) is 2. The molecule has 0 bridgehead atoms. The van der Waals surface area contributed by atoms with Crippen molar-refractivity contribution in [3.63, 3.8) is 0 Å². The molecular formula is C10H13BrOS. The van der Waals surface area contributed by atoms with Crippen molar-refractivity contribution in [1.29, 1.82) is 0 Å². The number of carbonyl (C=O) groups excluding carboxylic acids is 1. The normalized spacial score (nSPS) is 10.8. The van der Waals surface area contributed by atoms with Gasteiger partial charge in [0.2, 0.25) is 0 Å². The fraction of sp³-hybridized carbons (Fsp3) is 0.500. The molecule has 0 saturated carbocycles. The lowest BCUT2D eigenvalue weighted by atomic mass is 10.1. The Bertz CT molecular complexity index is 315. The second kappa shape index (κ2) is 4.38. The molecule has 13 heavy (non-hydrogen) atoms. The van der Waals surface area contributed by atoms with Crippen LogP contribution in [0.3, 0.4) is 0 Å². The van der Waals surface area contributed by atoms with Crippen LogP contribution in [0.1, 0.15) is 34.8 Å². The van der Waals surface area contributed by atoms with E-state index in [1.165, 1.54) is 4.88 Å². The van der Waals surface area contributed by atoms with E-state index in [0.29, 0.717) is 12.3 Å². The fourth-order valence-electron chi connectivity index (χ4n) is 1.14. The lowest BCUT2D eigenvalue weighted by Gasteiger charge is -2.01. The van der Waals surface area contributed by atoms with Gasteiger partial charge in [0, 0.05) is 15.8 Å². The molecule has 0 aliphatic carbocycles. The van der Waals surface area contributed by atoms with Gasteiger partial charge in [-0.15, -0.1) is 11.3 Å². The highest BCUT2D eigenvalue weighted by Gasteiger charge is 2.14. The highest BCUT2D eigenvalue weighted by atomic mass is 79.9. The number of ketones is 1. The number of carbonyl (C=O) groups is 1. The van der Waals surface area contributed by atoms with Gasteiger partial charge in [-0.25, -0.2) is 0 Å². The van der Waals surface area contributed by atoms with Crippen LogP contribution in [0, 0.1) is 12.8 Å². The zero-order chi connectivity index (χ0) is 10.0. The monoisotopic (exact) mass is 260 g/mol. The minimum absolute atomic E-state index is 0.250. The topological polar surface area (TPSA) is 17.1 Å². The van der Waals surface area contributed by atoms with E-state index in [1.54, 1.807) is 11.3 Å². The average Bonchev–Trinajstić information content (AvgIpc) is 2.28. The van der Waals surface area contributed by atoms with E-state index < -0.39 is 0 Å². The summed E-state index contributed by atoms with van der Waals surface area (Å²) in [7, 11) is 0. The Morgan fingerprint density at radius 2 is 2.23 bits per heavy atom. The summed E-state index contributed by atoms with van der Waals surface area (Å²) < 4.78 is 0.945. The maximum Gasteiger partial charge on any atom is 0.174 e. The molecule has 0 spiro atoms. The van der Waals surface area contributed by atoms with Gasteiger partial charge in [-0.3, -0.25) is 4.79 Å². The quantitative estimate of drug-likeness (QED) is 0.750. The van der Waals surface area contributed by atoms with Gasteiger partial charge in [0.15, 0.2) is 5.78 Å². The summed E-state index contributed by atoms with van der Waals surface area (Å²) in [6.45, 7) is 6.14. The molecule has 3 heteroatoms. The average molecular weight is 261 g/mol. The van der Waals surface area contributed by atoms with E-state index in [-0.39, 0.29) is 5.78 Å². The number of Topliss-reactive ketones (excluding diaryl/α,β-unsaturated/α-hetero) is 1. The molecule has 72 valence electrons. The Labute approximate surface area is 91.3 Å². The molecule has 0 saturated heterocycles. The van der Waals surface area contributed by atoms with Crippen LogP contribution in [0.4, 0.5) is 0 Å². The van der Waals surface area contributed by atoms with Gasteiger partial charge >= 0.3 is 0 Å². The predicted octanol–water partition coefficient (Wildman–Crippen LogP) is 4.05. The van der Waals surface area contributed by atoms with Gasteiger partial charge in [-0.1, -0.05) is 13.8 Å². The summed E-state index contributed by atoms with van der Waals surface area (Å²) in [5.41, 5.74) is 0. The number of aryl methyl sites for hydroxylation is 1. The van der Waals surface area contributed by atoms with E-state index in [4.69, 9.17) is 0 Å². The van der Waals surface area contributed by atoms with E-state index in [2.05, 4.69) is 29.8 Å². The third-order valence-corrected chi connectivity index (χ3v) is 3.64. The highest BCUT2D eigenvalue weighted by Crippen LogP contribution is 2.28. The summed E-state index contributed by atoms with van der Waals surface area (Å²) in [5, 5.41) is 0. The first-order valence-corrected chi connectivity index (χ1v) is 5.90. The van der Waals surface area contributed by atoms with Crippen LogP contribution in [0.25, 0.3) is 0 Å². The molecule has 0 N–H and O–H groups in total. The van der Waals surface area contributed by atoms with Crippen molar-refractivity contribution < 1.29 is 4.79 Å². The third-order valence-electron chi connectivity index (χ3n) is 1.66. The van der Waals surface area contributed by atoms with Gasteiger partial charge in [-0.05, 0) is 34.8 Å². The number of halogens is 1. The summed E-state index contributed by atoms with van der Waals surface area (Å²) in [4.78, 5) is 13.7. The Kier molecular flexibility index (Phi) is 3.68. The molecule has 0 aliphatic heterocycles. The number of rotatable bonds is 3. The Balaban J connectivity index is 2.82. The highest BCUT2D eigenvalue weighted by molar-refractivity contribution is 9.10. The van der Waals surface area contributed by atoms with Crippen molar-refractivity contribution in [2.24, 2.45) is 5.92 Å². The Hall–Kier alpha value is -0.150. The molecule has 1 aromatic rings. The summed E-state index contributed by atoms with van der Waals surface area (Å²) >= 11 is 4.97. The van der Waals surface area contributed by atoms with Crippen LogP contribution in [-0.2, 0) is 0 Å². The minimum atomic E-state index is 0.250. The number of thiophene rings is 1. The standard InChI is InChI=1S/C10H13BrOS/c1-6(2)4-9(12)10-8(11)5-7(3)13-10/h5-6H,4H2,1-3H3. The van der Waals surface area contributed by atoms with Crippen LogP contribution >= 0.6 is 27.3 Å². The summed E-state index contributed by atoms with van der Waals surface area (Å²) in [5.74, 6) is 0.682. The van der Waals surface area contributed by atoms with Crippen LogP contribution < -0.4 is 0 Å². The first-order valence-electron chi connectivity index (χ1n) is 4.30. The first kappa shape index (κ1) is 10.9. The van der Waals surface area contributed by atoms with Crippen molar-refractivity contribution in [2.45, 2.75) is 27.2 Å². The zero-order valence-corrected chi connectivity index (χ0v) is 10.5. The lowest BCUT2D eigenvalue weighted by molar-refractivity contribution is 0.0971. The molecule has 1 rings (SSSR count). The molecule has 0 aliphatic rings. The van der Waals surface area contributed by atoms with Crippen molar-refractivity contribution in [1.82, 2.24) is 0 Å². The SMILES string of the molecule is Cc1cc(Br)c(C(=O)CC(C)C)s1. The van der Waals surface area contributed by atoms with Gasteiger partial charge < -0.3 is 0 Å². The molecule has 0 atom stereocenters. The van der Waals surface area contributed by atoms with Gasteiger partial charge in [0.05, 0.1) is 4.88 Å². The van der Waals surface area contributed by atoms with E-state index in [1.807, 2.05) is 13.0 Å². The van der Waals surface area contributed by atoms with Gasteiger partial charge in [0.1, 0.15) is 0 Å². The zero-order valence-electron chi connectivity index (χ0n) is 8.06. The van der Waals surface area contributed by atoms with Crippen molar-refractivity contribution in [3.05, 3.63) is 20.3 Å². The second-order valence-corrected chi connectivity index (χ2v) is 5.67. The van der Waals surface area contributed by atoms with Crippen LogP contribution in [0.5, 0.6) is 0 Å². The molecular weight excluding hydrogens is 248 g/mol. The van der Waals surface area contributed by atoms with Gasteiger partial charge in [0.25, 0.3) is 0 Å². The van der Waals surface area contributed by atoms with Crippen molar-refractivity contribution in [3.8, 4) is 0 Å². The maximum atomic E-state index is 11.7. The number of hydrogen-bond donors (Lipinski definition) is 0.